The van der Waals surface area contributed by atoms with E-state index in [0.717, 1.165) is 46.5 Å². The zero-order valence-corrected chi connectivity index (χ0v) is 16.7. The van der Waals surface area contributed by atoms with Gasteiger partial charge < -0.3 is 5.32 Å². The molecule has 6 heteroatoms. The quantitative estimate of drug-likeness (QED) is 0.741. The molecule has 0 saturated heterocycles. The molecule has 2 aromatic heterocycles. The van der Waals surface area contributed by atoms with E-state index >= 15 is 0 Å². The molecular formula is C21H23N3O2S. The Morgan fingerprint density at radius 1 is 1.26 bits per heavy atom. The molecular weight excluding hydrogens is 358 g/mol. The zero-order chi connectivity index (χ0) is 19.1. The van der Waals surface area contributed by atoms with Crippen molar-refractivity contribution in [3.63, 3.8) is 0 Å². The molecule has 0 bridgehead atoms. The molecule has 0 spiro atoms. The van der Waals surface area contributed by atoms with Gasteiger partial charge in [-0.15, -0.1) is 11.3 Å². The summed E-state index contributed by atoms with van der Waals surface area (Å²) in [6.45, 7) is 5.69. The van der Waals surface area contributed by atoms with Crippen molar-refractivity contribution >= 4 is 33.1 Å². The molecule has 0 aliphatic heterocycles. The summed E-state index contributed by atoms with van der Waals surface area (Å²) in [7, 11) is 0. The maximum Gasteiger partial charge on any atom is 0.263 e. The number of thiophene rings is 1. The normalized spacial score (nSPS) is 14.8. The second-order valence-corrected chi connectivity index (χ2v) is 8.42. The minimum absolute atomic E-state index is 0.108. The molecule has 1 aliphatic carbocycles. The molecule has 1 amide bonds. The molecule has 2 heterocycles. The number of hydrogen-bond acceptors (Lipinski definition) is 4. The van der Waals surface area contributed by atoms with Gasteiger partial charge in [-0.25, -0.2) is 4.98 Å². The van der Waals surface area contributed by atoms with Gasteiger partial charge in [0, 0.05) is 10.6 Å². The van der Waals surface area contributed by atoms with Gasteiger partial charge in [-0.3, -0.25) is 14.2 Å². The molecule has 0 radical (unpaired) electrons. The van der Waals surface area contributed by atoms with E-state index in [1.807, 2.05) is 32.0 Å². The summed E-state index contributed by atoms with van der Waals surface area (Å²) in [5, 5.41) is 3.67. The Morgan fingerprint density at radius 3 is 2.85 bits per heavy atom. The highest BCUT2D eigenvalue weighted by Crippen LogP contribution is 2.33. The van der Waals surface area contributed by atoms with Crippen molar-refractivity contribution in [1.29, 1.82) is 0 Å². The van der Waals surface area contributed by atoms with Crippen molar-refractivity contribution in [2.75, 3.05) is 5.32 Å². The average Bonchev–Trinajstić information content (AvgIpc) is 3.04. The van der Waals surface area contributed by atoms with E-state index in [-0.39, 0.29) is 11.5 Å². The molecule has 5 nitrogen and oxygen atoms in total. The number of nitrogens with one attached hydrogen (secondary N) is 1. The van der Waals surface area contributed by atoms with Crippen LogP contribution in [0.2, 0.25) is 0 Å². The summed E-state index contributed by atoms with van der Waals surface area (Å²) in [6, 6.07) is 5.30. The van der Waals surface area contributed by atoms with Gasteiger partial charge >= 0.3 is 0 Å². The van der Waals surface area contributed by atoms with Crippen molar-refractivity contribution in [2.24, 2.45) is 0 Å². The van der Waals surface area contributed by atoms with E-state index in [9.17, 15) is 9.59 Å². The zero-order valence-electron chi connectivity index (χ0n) is 15.8. The fourth-order valence-electron chi connectivity index (χ4n) is 3.67. The summed E-state index contributed by atoms with van der Waals surface area (Å²) in [5.74, 6) is -0.212. The van der Waals surface area contributed by atoms with Crippen LogP contribution < -0.4 is 10.9 Å². The molecule has 1 aromatic carbocycles. The van der Waals surface area contributed by atoms with Crippen LogP contribution in [0, 0.1) is 13.8 Å². The minimum Gasteiger partial charge on any atom is -0.324 e. The largest absolute Gasteiger partial charge is 0.324 e. The summed E-state index contributed by atoms with van der Waals surface area (Å²) in [6.07, 6.45) is 5.75. The van der Waals surface area contributed by atoms with E-state index in [1.165, 1.54) is 22.2 Å². The Balaban J connectivity index is 1.69. The van der Waals surface area contributed by atoms with Crippen LogP contribution in [-0.4, -0.2) is 15.5 Å². The summed E-state index contributed by atoms with van der Waals surface area (Å²) in [4.78, 5) is 32.5. The van der Waals surface area contributed by atoms with Gasteiger partial charge in [0.2, 0.25) is 5.91 Å². The highest BCUT2D eigenvalue weighted by molar-refractivity contribution is 7.18. The topological polar surface area (TPSA) is 64.0 Å². The van der Waals surface area contributed by atoms with Crippen LogP contribution in [0.4, 0.5) is 5.69 Å². The number of aromatic nitrogens is 2. The third kappa shape index (κ3) is 3.18. The lowest BCUT2D eigenvalue weighted by molar-refractivity contribution is -0.118. The van der Waals surface area contributed by atoms with Crippen LogP contribution >= 0.6 is 11.3 Å². The van der Waals surface area contributed by atoms with Gasteiger partial charge in [0.15, 0.2) is 0 Å². The number of anilines is 1. The Morgan fingerprint density at radius 2 is 2.04 bits per heavy atom. The van der Waals surface area contributed by atoms with Gasteiger partial charge in [-0.05, 0) is 69.2 Å². The van der Waals surface area contributed by atoms with Gasteiger partial charge in [-0.1, -0.05) is 12.1 Å². The third-order valence-electron chi connectivity index (χ3n) is 5.35. The lowest BCUT2D eigenvalue weighted by Crippen LogP contribution is -2.32. The third-order valence-corrected chi connectivity index (χ3v) is 6.55. The second kappa shape index (κ2) is 6.93. The summed E-state index contributed by atoms with van der Waals surface area (Å²) < 4.78 is 1.46. The number of amides is 1. The SMILES string of the molecule is Cc1ccc(C)c(NC(=O)[C@H](C)n2cnc3sc4c(c3c2=O)CCCC4)c1. The highest BCUT2D eigenvalue weighted by Gasteiger charge is 2.23. The van der Waals surface area contributed by atoms with E-state index in [2.05, 4.69) is 10.3 Å². The lowest BCUT2D eigenvalue weighted by atomic mass is 9.97. The van der Waals surface area contributed by atoms with E-state index in [0.29, 0.717) is 5.39 Å². The van der Waals surface area contributed by atoms with E-state index < -0.39 is 6.04 Å². The molecule has 4 rings (SSSR count). The van der Waals surface area contributed by atoms with Crippen LogP contribution in [0.15, 0.2) is 29.3 Å². The Labute approximate surface area is 162 Å². The maximum atomic E-state index is 13.1. The van der Waals surface area contributed by atoms with Crippen molar-refractivity contribution in [3.05, 3.63) is 56.4 Å². The Kier molecular flexibility index (Phi) is 4.60. The van der Waals surface area contributed by atoms with Crippen molar-refractivity contribution in [3.8, 4) is 0 Å². The summed E-state index contributed by atoms with van der Waals surface area (Å²) >= 11 is 1.62. The number of hydrogen-bond donors (Lipinski definition) is 1. The first-order valence-electron chi connectivity index (χ1n) is 9.35. The number of fused-ring (bicyclic) bond motifs is 3. The number of nitrogens with zero attached hydrogens (tertiary/aromatic N) is 2. The predicted octanol–water partition coefficient (Wildman–Crippen LogP) is 4.15. The van der Waals surface area contributed by atoms with E-state index in [1.54, 1.807) is 18.3 Å². The fraction of sp³-hybridized carbons (Fsp3) is 0.381. The number of aryl methyl sites for hydroxylation is 4. The number of carbonyl (C=O) groups excluding carboxylic acids is 1. The van der Waals surface area contributed by atoms with Crippen LogP contribution in [0.3, 0.4) is 0 Å². The van der Waals surface area contributed by atoms with Gasteiger partial charge in [0.1, 0.15) is 10.9 Å². The van der Waals surface area contributed by atoms with Gasteiger partial charge in [0.25, 0.3) is 5.56 Å². The van der Waals surface area contributed by atoms with Crippen LogP contribution in [0.1, 0.15) is 47.4 Å². The number of carbonyl (C=O) groups is 1. The van der Waals surface area contributed by atoms with Gasteiger partial charge in [-0.2, -0.15) is 0 Å². The number of rotatable bonds is 3. The molecule has 1 atom stereocenters. The molecule has 1 N–H and O–H groups in total. The van der Waals surface area contributed by atoms with Crippen molar-refractivity contribution in [1.82, 2.24) is 9.55 Å². The second-order valence-electron chi connectivity index (χ2n) is 7.33. The highest BCUT2D eigenvalue weighted by atomic mass is 32.1. The molecule has 27 heavy (non-hydrogen) atoms. The average molecular weight is 382 g/mol. The Hall–Kier alpha value is -2.47. The molecule has 0 fully saturated rings. The van der Waals surface area contributed by atoms with Crippen LogP contribution in [0.5, 0.6) is 0 Å². The first-order valence-corrected chi connectivity index (χ1v) is 10.2. The minimum atomic E-state index is -0.631. The Bertz CT molecular complexity index is 1100. The fourth-order valence-corrected chi connectivity index (χ4v) is 4.89. The molecule has 1 aliphatic rings. The standard InChI is InChI=1S/C21H23N3O2S/c1-12-8-9-13(2)16(10-12)23-19(25)14(3)24-11-22-20-18(21(24)26)15-6-4-5-7-17(15)27-20/h8-11,14H,4-7H2,1-3H3,(H,23,25)/t14-/m0/s1. The van der Waals surface area contributed by atoms with Crippen LogP contribution in [-0.2, 0) is 17.6 Å². The summed E-state index contributed by atoms with van der Waals surface area (Å²) in [5.41, 5.74) is 3.89. The predicted molar refractivity (Wildman–Crippen MR) is 110 cm³/mol. The van der Waals surface area contributed by atoms with Crippen molar-refractivity contribution < 1.29 is 4.79 Å². The monoisotopic (exact) mass is 381 g/mol. The number of benzene rings is 1. The molecule has 140 valence electrons. The first-order chi connectivity index (χ1) is 13.0. The maximum absolute atomic E-state index is 13.1. The lowest BCUT2D eigenvalue weighted by Gasteiger charge is -2.17. The molecule has 3 aromatic rings. The van der Waals surface area contributed by atoms with Gasteiger partial charge in [0.05, 0.1) is 11.7 Å². The molecule has 0 unspecified atom stereocenters. The first kappa shape index (κ1) is 17.9. The van der Waals surface area contributed by atoms with E-state index in [4.69, 9.17) is 0 Å². The molecule has 0 saturated carbocycles. The van der Waals surface area contributed by atoms with Crippen LogP contribution in [0.25, 0.3) is 10.2 Å². The van der Waals surface area contributed by atoms with Crippen molar-refractivity contribution in [2.45, 2.75) is 52.5 Å². The smallest absolute Gasteiger partial charge is 0.263 e.